The largest absolute Gasteiger partial charge is 0.340 e. The van der Waals surface area contributed by atoms with E-state index in [9.17, 15) is 9.18 Å². The molecule has 1 aliphatic heterocycles. The Kier molecular flexibility index (Phi) is 4.69. The first kappa shape index (κ1) is 16.8. The van der Waals surface area contributed by atoms with Gasteiger partial charge in [0.25, 0.3) is 0 Å². The molecule has 1 amide bonds. The minimum absolute atomic E-state index is 0.0550. The molecule has 0 radical (unpaired) electrons. The number of aromatic nitrogens is 4. The number of imidazole rings is 1. The molecular weight excluding hydrogens is 333 g/mol. The lowest BCUT2D eigenvalue weighted by atomic mass is 10.0. The highest BCUT2D eigenvalue weighted by Crippen LogP contribution is 2.31. The predicted molar refractivity (Wildman–Crippen MR) is 95.9 cm³/mol. The Bertz CT molecular complexity index is 889. The zero-order valence-corrected chi connectivity index (χ0v) is 14.5. The molecule has 0 spiro atoms. The summed E-state index contributed by atoms with van der Waals surface area (Å²) in [5.41, 5.74) is 2.53. The first-order valence-corrected chi connectivity index (χ1v) is 9.13. The first-order chi connectivity index (χ1) is 12.7. The number of carbonyl (C=O) groups is 1. The van der Waals surface area contributed by atoms with Crippen molar-refractivity contribution in [3.63, 3.8) is 0 Å². The molecule has 0 unspecified atom stereocenters. The number of fused-ring (bicyclic) bond motifs is 1. The monoisotopic (exact) mass is 355 g/mol. The molecule has 3 heterocycles. The first-order valence-electron chi connectivity index (χ1n) is 9.13. The van der Waals surface area contributed by atoms with Crippen LogP contribution in [0.15, 0.2) is 30.6 Å². The van der Waals surface area contributed by atoms with Gasteiger partial charge >= 0.3 is 0 Å². The quantitative estimate of drug-likeness (QED) is 0.735. The average molecular weight is 355 g/mol. The van der Waals surface area contributed by atoms with E-state index < -0.39 is 0 Å². The molecule has 1 aromatic carbocycles. The van der Waals surface area contributed by atoms with E-state index >= 15 is 0 Å². The fraction of sp³-hybridized carbons (Fsp3) is 0.421. The van der Waals surface area contributed by atoms with Crippen molar-refractivity contribution in [1.29, 1.82) is 0 Å². The number of benzene rings is 1. The van der Waals surface area contributed by atoms with Crippen LogP contribution >= 0.6 is 0 Å². The van der Waals surface area contributed by atoms with Crippen LogP contribution in [0.1, 0.15) is 49.5 Å². The summed E-state index contributed by atoms with van der Waals surface area (Å²) in [6.45, 7) is 0.751. The van der Waals surface area contributed by atoms with Gasteiger partial charge in [-0.15, -0.1) is 0 Å². The van der Waals surface area contributed by atoms with E-state index in [0.29, 0.717) is 11.9 Å². The summed E-state index contributed by atoms with van der Waals surface area (Å²) in [7, 11) is 0. The van der Waals surface area contributed by atoms with E-state index in [2.05, 4.69) is 20.2 Å². The molecule has 2 aromatic heterocycles. The molecule has 2 N–H and O–H groups in total. The summed E-state index contributed by atoms with van der Waals surface area (Å²) >= 11 is 0. The lowest BCUT2D eigenvalue weighted by molar-refractivity contribution is -0.135. The molecule has 1 atom stereocenters. The molecular formula is C19H22FN5O. The number of hydrogen-bond acceptors (Lipinski definition) is 3. The van der Waals surface area contributed by atoms with E-state index in [1.54, 1.807) is 12.3 Å². The Labute approximate surface area is 150 Å². The van der Waals surface area contributed by atoms with Gasteiger partial charge in [-0.2, -0.15) is 5.10 Å². The van der Waals surface area contributed by atoms with E-state index in [0.717, 1.165) is 55.6 Å². The number of aromatic amines is 2. The Hall–Kier alpha value is -2.70. The van der Waals surface area contributed by atoms with Gasteiger partial charge in [0, 0.05) is 19.2 Å². The van der Waals surface area contributed by atoms with Crippen LogP contribution in [-0.4, -0.2) is 37.5 Å². The standard InChI is InChI=1S/C19H22FN5O/c20-14-7-8-15-16(10-14)24-19(23-15)17-5-1-2-9-25(17)18(26)6-3-4-13-11-21-22-12-13/h7-8,10-12,17H,1-6,9H2,(H,21,22)(H,23,24)/t17-/m1/s1. The van der Waals surface area contributed by atoms with Gasteiger partial charge in [0.2, 0.25) is 5.91 Å². The Morgan fingerprint density at radius 1 is 1.35 bits per heavy atom. The maximum Gasteiger partial charge on any atom is 0.223 e. The van der Waals surface area contributed by atoms with E-state index in [-0.39, 0.29) is 17.8 Å². The average Bonchev–Trinajstić information content (AvgIpc) is 3.30. The number of H-pyrrole nitrogens is 2. The summed E-state index contributed by atoms with van der Waals surface area (Å²) in [5.74, 6) is 0.627. The van der Waals surface area contributed by atoms with Gasteiger partial charge < -0.3 is 9.88 Å². The van der Waals surface area contributed by atoms with Crippen LogP contribution in [0.5, 0.6) is 0 Å². The SMILES string of the molecule is O=C(CCCc1cn[nH]c1)N1CCCC[C@@H]1c1nc2ccc(F)cc2[nH]1. The number of likely N-dealkylation sites (tertiary alicyclic amines) is 1. The van der Waals surface area contributed by atoms with Crippen molar-refractivity contribution in [2.75, 3.05) is 6.54 Å². The van der Waals surface area contributed by atoms with Gasteiger partial charge in [-0.1, -0.05) is 0 Å². The molecule has 0 aliphatic carbocycles. The van der Waals surface area contributed by atoms with Crippen LogP contribution in [0.3, 0.4) is 0 Å². The summed E-state index contributed by atoms with van der Waals surface area (Å²) < 4.78 is 13.4. The second kappa shape index (κ2) is 7.27. The van der Waals surface area contributed by atoms with E-state index in [1.807, 2.05) is 11.1 Å². The van der Waals surface area contributed by atoms with Crippen molar-refractivity contribution < 1.29 is 9.18 Å². The molecule has 4 rings (SSSR count). The highest BCUT2D eigenvalue weighted by molar-refractivity contribution is 5.78. The van der Waals surface area contributed by atoms with Crippen molar-refractivity contribution in [3.05, 3.63) is 47.8 Å². The normalized spacial score (nSPS) is 17.7. The topological polar surface area (TPSA) is 77.7 Å². The number of nitrogens with one attached hydrogen (secondary N) is 2. The Balaban J connectivity index is 1.47. The fourth-order valence-electron chi connectivity index (χ4n) is 3.68. The summed E-state index contributed by atoms with van der Waals surface area (Å²) in [6, 6.07) is 4.48. The van der Waals surface area contributed by atoms with Gasteiger partial charge in [0.15, 0.2) is 0 Å². The van der Waals surface area contributed by atoms with Crippen LogP contribution in [0.4, 0.5) is 4.39 Å². The van der Waals surface area contributed by atoms with Gasteiger partial charge in [-0.05, 0) is 55.9 Å². The molecule has 136 valence electrons. The maximum atomic E-state index is 13.4. The number of carbonyl (C=O) groups excluding carboxylic acids is 1. The van der Waals surface area contributed by atoms with Crippen molar-refractivity contribution in [2.45, 2.75) is 44.6 Å². The molecule has 7 heteroatoms. The van der Waals surface area contributed by atoms with Gasteiger partial charge in [-0.3, -0.25) is 9.89 Å². The molecule has 1 aliphatic rings. The van der Waals surface area contributed by atoms with Gasteiger partial charge in [0.1, 0.15) is 11.6 Å². The third-order valence-electron chi connectivity index (χ3n) is 5.01. The number of piperidine rings is 1. The number of aryl methyl sites for hydroxylation is 1. The molecule has 0 bridgehead atoms. The maximum absolute atomic E-state index is 13.4. The third-order valence-corrected chi connectivity index (χ3v) is 5.01. The summed E-state index contributed by atoms with van der Waals surface area (Å²) in [4.78, 5) is 22.5. The Morgan fingerprint density at radius 2 is 2.27 bits per heavy atom. The smallest absolute Gasteiger partial charge is 0.223 e. The lowest BCUT2D eigenvalue weighted by Crippen LogP contribution is -2.38. The van der Waals surface area contributed by atoms with Crippen LogP contribution < -0.4 is 0 Å². The summed E-state index contributed by atoms with van der Waals surface area (Å²) in [5, 5.41) is 6.72. The second-order valence-corrected chi connectivity index (χ2v) is 6.84. The van der Waals surface area contributed by atoms with Crippen molar-refractivity contribution >= 4 is 16.9 Å². The van der Waals surface area contributed by atoms with E-state index in [1.165, 1.54) is 12.1 Å². The van der Waals surface area contributed by atoms with Crippen molar-refractivity contribution in [1.82, 2.24) is 25.1 Å². The zero-order chi connectivity index (χ0) is 17.9. The van der Waals surface area contributed by atoms with Crippen molar-refractivity contribution in [3.8, 4) is 0 Å². The Morgan fingerprint density at radius 3 is 3.12 bits per heavy atom. The van der Waals surface area contributed by atoms with Gasteiger partial charge in [-0.25, -0.2) is 9.37 Å². The second-order valence-electron chi connectivity index (χ2n) is 6.84. The fourth-order valence-corrected chi connectivity index (χ4v) is 3.68. The minimum Gasteiger partial charge on any atom is -0.340 e. The summed E-state index contributed by atoms with van der Waals surface area (Å²) in [6.07, 6.45) is 8.76. The molecule has 26 heavy (non-hydrogen) atoms. The number of amides is 1. The molecule has 1 saturated heterocycles. The number of rotatable bonds is 5. The van der Waals surface area contributed by atoms with Crippen molar-refractivity contribution in [2.24, 2.45) is 0 Å². The number of halogens is 1. The van der Waals surface area contributed by atoms with Crippen LogP contribution in [0.25, 0.3) is 11.0 Å². The number of nitrogens with zero attached hydrogens (tertiary/aromatic N) is 3. The molecule has 1 fully saturated rings. The highest BCUT2D eigenvalue weighted by atomic mass is 19.1. The van der Waals surface area contributed by atoms with Crippen LogP contribution in [-0.2, 0) is 11.2 Å². The number of hydrogen-bond donors (Lipinski definition) is 2. The molecule has 0 saturated carbocycles. The molecule has 3 aromatic rings. The minimum atomic E-state index is -0.288. The predicted octanol–water partition coefficient (Wildman–Crippen LogP) is 3.50. The van der Waals surface area contributed by atoms with Gasteiger partial charge in [0.05, 0.1) is 23.3 Å². The van der Waals surface area contributed by atoms with E-state index in [4.69, 9.17) is 0 Å². The van der Waals surface area contributed by atoms with Crippen LogP contribution in [0, 0.1) is 5.82 Å². The van der Waals surface area contributed by atoms with Crippen LogP contribution in [0.2, 0.25) is 0 Å². The molecule has 6 nitrogen and oxygen atoms in total. The third kappa shape index (κ3) is 3.47. The lowest BCUT2D eigenvalue weighted by Gasteiger charge is -2.34. The highest BCUT2D eigenvalue weighted by Gasteiger charge is 2.29. The zero-order valence-electron chi connectivity index (χ0n) is 14.5.